The van der Waals surface area contributed by atoms with E-state index in [1.807, 2.05) is 21.1 Å². The van der Waals surface area contributed by atoms with Crippen LogP contribution in [0.1, 0.15) is 373 Å². The molecule has 0 aliphatic carbocycles. The molecule has 2 unspecified atom stereocenters. The summed E-state index contributed by atoms with van der Waals surface area (Å²) in [6.45, 7) is 4.32. The summed E-state index contributed by atoms with van der Waals surface area (Å²) in [6.07, 6.45) is 72.1. The summed E-state index contributed by atoms with van der Waals surface area (Å²) in [5.74, 6) is -0.807. The highest BCUT2D eigenvalue weighted by atomic mass is 31.2. The molecule has 0 heterocycles. The molecule has 0 spiro atoms. The van der Waals surface area contributed by atoms with Crippen molar-refractivity contribution in [2.45, 2.75) is 380 Å². The number of phosphoric ester groups is 1. The SMILES string of the molecule is CCCCCCCCCCCCCCCCCCCCCCCCCCCCCCCCCCCCCCCCC(=O)OC(COC(=O)CCCCCCCCCCCCCCCCCC)COP(=O)([O-])OCC[N+](C)(C)C. The van der Waals surface area contributed by atoms with Crippen LogP contribution in [0, 0.1) is 0 Å². The van der Waals surface area contributed by atoms with Crippen LogP contribution < -0.4 is 4.89 Å². The number of nitrogens with zero attached hydrogens (tertiary/aromatic N) is 1. The number of hydrogen-bond donors (Lipinski definition) is 0. The molecule has 0 aromatic heterocycles. The fourth-order valence-corrected chi connectivity index (χ4v) is 11.5. The van der Waals surface area contributed by atoms with Crippen molar-refractivity contribution in [2.24, 2.45) is 0 Å². The summed E-state index contributed by atoms with van der Waals surface area (Å²) < 4.78 is 34.3. The molecule has 0 fully saturated rings. The number of carbonyl (C=O) groups is 2. The van der Waals surface area contributed by atoms with Crippen molar-refractivity contribution in [3.8, 4) is 0 Å². The van der Waals surface area contributed by atoms with Gasteiger partial charge < -0.3 is 27.9 Å². The van der Waals surface area contributed by atoms with Crippen molar-refractivity contribution in [3.05, 3.63) is 0 Å². The third-order valence-electron chi connectivity index (χ3n) is 16.1. The van der Waals surface area contributed by atoms with E-state index in [9.17, 15) is 19.0 Å². The molecule has 0 aliphatic heterocycles. The number of likely N-dealkylation sites (N-methyl/N-ethyl adjacent to an activating group) is 1. The monoisotopic (exact) mass is 1130 g/mol. The Morgan fingerprint density at radius 3 is 0.821 bits per heavy atom. The number of quaternary nitrogens is 1. The number of hydrogen-bond acceptors (Lipinski definition) is 8. The highest BCUT2D eigenvalue weighted by Crippen LogP contribution is 2.38. The first-order valence-corrected chi connectivity index (χ1v) is 36.2. The van der Waals surface area contributed by atoms with Gasteiger partial charge in [-0.2, -0.15) is 0 Å². The van der Waals surface area contributed by atoms with E-state index >= 15 is 0 Å². The van der Waals surface area contributed by atoms with E-state index < -0.39 is 26.5 Å². The average molecular weight is 1130 g/mol. The lowest BCUT2D eigenvalue weighted by Crippen LogP contribution is -2.37. The van der Waals surface area contributed by atoms with Gasteiger partial charge in [0.25, 0.3) is 7.82 Å². The number of rotatable bonds is 66. The number of unbranched alkanes of at least 4 members (excludes halogenated alkanes) is 52. The second kappa shape index (κ2) is 60.6. The molecule has 0 aliphatic rings. The molecule has 0 N–H and O–H groups in total. The smallest absolute Gasteiger partial charge is 0.306 e. The maximum Gasteiger partial charge on any atom is 0.306 e. The quantitative estimate of drug-likeness (QED) is 0.0256. The van der Waals surface area contributed by atoms with Gasteiger partial charge in [-0.15, -0.1) is 0 Å². The Bertz CT molecular complexity index is 1280. The predicted octanol–water partition coefficient (Wildman–Crippen LogP) is 21.5. The Morgan fingerprint density at radius 1 is 0.346 bits per heavy atom. The van der Waals surface area contributed by atoms with Crippen molar-refractivity contribution in [3.63, 3.8) is 0 Å². The lowest BCUT2D eigenvalue weighted by atomic mass is 10.0. The van der Waals surface area contributed by atoms with Crippen molar-refractivity contribution in [2.75, 3.05) is 47.5 Å². The molecule has 10 heteroatoms. The Hall–Kier alpha value is -0.990. The van der Waals surface area contributed by atoms with Gasteiger partial charge in [0.15, 0.2) is 6.10 Å². The Morgan fingerprint density at radius 2 is 0.577 bits per heavy atom. The molecule has 9 nitrogen and oxygen atoms in total. The zero-order valence-electron chi connectivity index (χ0n) is 53.2. The van der Waals surface area contributed by atoms with E-state index in [-0.39, 0.29) is 32.0 Å². The zero-order chi connectivity index (χ0) is 57.0. The Labute approximate surface area is 486 Å². The predicted molar refractivity (Wildman–Crippen MR) is 333 cm³/mol. The van der Waals surface area contributed by atoms with Crippen LogP contribution in [0.15, 0.2) is 0 Å². The van der Waals surface area contributed by atoms with Crippen LogP contribution in [0.2, 0.25) is 0 Å². The fraction of sp³-hybridized carbons (Fsp3) is 0.971. The van der Waals surface area contributed by atoms with Crippen LogP contribution in [0.25, 0.3) is 0 Å². The number of phosphoric acid groups is 1. The summed E-state index contributed by atoms with van der Waals surface area (Å²) in [6, 6.07) is 0. The molecular weight excluding hydrogens is 990 g/mol. The van der Waals surface area contributed by atoms with E-state index in [4.69, 9.17) is 18.5 Å². The molecule has 0 saturated carbocycles. The van der Waals surface area contributed by atoms with Gasteiger partial charge in [0.2, 0.25) is 0 Å². The number of ether oxygens (including phenoxy) is 2. The topological polar surface area (TPSA) is 111 Å². The maximum atomic E-state index is 12.8. The van der Waals surface area contributed by atoms with Crippen molar-refractivity contribution in [1.82, 2.24) is 0 Å². The number of esters is 2. The fourth-order valence-electron chi connectivity index (χ4n) is 10.8. The molecule has 0 bridgehead atoms. The van der Waals surface area contributed by atoms with Crippen molar-refractivity contribution in [1.29, 1.82) is 0 Å². The summed E-state index contributed by atoms with van der Waals surface area (Å²) in [4.78, 5) is 37.9. The minimum Gasteiger partial charge on any atom is -0.756 e. The maximum absolute atomic E-state index is 12.8. The van der Waals surface area contributed by atoms with Crippen LogP contribution in [0.4, 0.5) is 0 Å². The molecule has 78 heavy (non-hydrogen) atoms. The highest BCUT2D eigenvalue weighted by Gasteiger charge is 2.22. The average Bonchev–Trinajstić information content (AvgIpc) is 3.41. The molecule has 0 aromatic rings. The van der Waals surface area contributed by atoms with E-state index in [1.165, 1.54) is 308 Å². The Kier molecular flexibility index (Phi) is 59.8. The molecule has 0 rings (SSSR count). The van der Waals surface area contributed by atoms with Gasteiger partial charge in [-0.25, -0.2) is 0 Å². The second-order valence-corrected chi connectivity index (χ2v) is 26.7. The van der Waals surface area contributed by atoms with E-state index in [0.717, 1.165) is 32.1 Å². The third kappa shape index (κ3) is 64.2. The molecule has 2 atom stereocenters. The van der Waals surface area contributed by atoms with Gasteiger partial charge in [0.05, 0.1) is 27.7 Å². The molecule has 466 valence electrons. The normalized spacial score (nSPS) is 13.1. The highest BCUT2D eigenvalue weighted by molar-refractivity contribution is 7.45. The first-order valence-electron chi connectivity index (χ1n) is 34.7. The lowest BCUT2D eigenvalue weighted by Gasteiger charge is -2.28. The number of carbonyl (C=O) groups excluding carboxylic acids is 2. The van der Waals surface area contributed by atoms with Gasteiger partial charge >= 0.3 is 11.9 Å². The van der Waals surface area contributed by atoms with E-state index in [0.29, 0.717) is 17.4 Å². The summed E-state index contributed by atoms with van der Waals surface area (Å²) in [5.41, 5.74) is 0. The molecule has 0 radical (unpaired) electrons. The molecular formula is C68H136NO8P. The second-order valence-electron chi connectivity index (χ2n) is 25.3. The summed E-state index contributed by atoms with van der Waals surface area (Å²) >= 11 is 0. The van der Waals surface area contributed by atoms with Gasteiger partial charge in [-0.05, 0) is 12.8 Å². The van der Waals surface area contributed by atoms with E-state index in [2.05, 4.69) is 13.8 Å². The largest absolute Gasteiger partial charge is 0.756 e. The molecule has 0 saturated heterocycles. The van der Waals surface area contributed by atoms with Crippen molar-refractivity contribution < 1.29 is 42.1 Å². The van der Waals surface area contributed by atoms with Gasteiger partial charge in [-0.3, -0.25) is 14.2 Å². The van der Waals surface area contributed by atoms with E-state index in [1.54, 1.807) is 0 Å². The summed E-state index contributed by atoms with van der Waals surface area (Å²) in [5, 5.41) is 0. The van der Waals surface area contributed by atoms with Crippen LogP contribution in [-0.2, 0) is 32.7 Å². The Balaban J connectivity index is 3.85. The third-order valence-corrected chi connectivity index (χ3v) is 17.1. The summed E-state index contributed by atoms with van der Waals surface area (Å²) in [7, 11) is 1.19. The zero-order valence-corrected chi connectivity index (χ0v) is 54.1. The van der Waals surface area contributed by atoms with Gasteiger partial charge in [0, 0.05) is 12.8 Å². The molecule has 0 aromatic carbocycles. The molecule has 0 amide bonds. The first kappa shape index (κ1) is 77.0. The minimum absolute atomic E-state index is 0.0250. The van der Waals surface area contributed by atoms with Crippen molar-refractivity contribution >= 4 is 19.8 Å². The lowest BCUT2D eigenvalue weighted by molar-refractivity contribution is -0.870. The first-order chi connectivity index (χ1) is 38.0. The van der Waals surface area contributed by atoms with Crippen LogP contribution in [0.3, 0.4) is 0 Å². The standard InChI is InChI=1S/C68H136NO8P/c1-6-8-10-12-14-16-18-20-22-24-25-26-27-28-29-30-31-32-33-34-35-36-37-38-39-40-41-42-43-44-45-47-49-51-53-55-57-59-61-68(71)77-66(65-76-78(72,73)75-63-62-69(3,4)5)64-74-67(70)60-58-56-54-52-50-48-46-23-21-19-17-15-13-11-9-7-2/h66H,6-65H2,1-5H3. The van der Waals surface area contributed by atoms with Gasteiger partial charge in [-0.1, -0.05) is 348 Å². The van der Waals surface area contributed by atoms with Crippen LogP contribution in [-0.4, -0.2) is 70.0 Å². The minimum atomic E-state index is -4.63. The van der Waals surface area contributed by atoms with Gasteiger partial charge in [0.1, 0.15) is 19.8 Å². The van der Waals surface area contributed by atoms with Crippen LogP contribution in [0.5, 0.6) is 0 Å². The van der Waals surface area contributed by atoms with Crippen LogP contribution >= 0.6 is 7.82 Å².